The molecule has 8 nitrogen and oxygen atoms in total. The molecule has 1 saturated heterocycles. The van der Waals surface area contributed by atoms with E-state index in [2.05, 4.69) is 0 Å². The molecule has 0 aliphatic carbocycles. The molecule has 1 atom stereocenters. The number of hydrogen-bond donors (Lipinski definition) is 1. The molecule has 1 aromatic heterocycles. The number of aliphatic carboxylic acids is 1. The topological polar surface area (TPSA) is 114 Å². The zero-order valence-corrected chi connectivity index (χ0v) is 16.2. The first kappa shape index (κ1) is 20.0. The van der Waals surface area contributed by atoms with Crippen molar-refractivity contribution >= 4 is 45.9 Å². The number of nitrogens with zero attached hydrogens (tertiary/aromatic N) is 2. The Hall–Kier alpha value is -2.72. The Kier molecular flexibility index (Phi) is 6.10. The number of furan rings is 1. The molecule has 0 spiro atoms. The van der Waals surface area contributed by atoms with Gasteiger partial charge in [0.1, 0.15) is 15.8 Å². The molecule has 28 heavy (non-hydrogen) atoms. The highest BCUT2D eigenvalue weighted by Gasteiger charge is 2.37. The summed E-state index contributed by atoms with van der Waals surface area (Å²) in [6, 6.07) is 9.54. The Morgan fingerprint density at radius 3 is 2.64 bits per heavy atom. The highest BCUT2D eigenvalue weighted by atomic mass is 32.2. The second-order valence-electron chi connectivity index (χ2n) is 6.13. The average molecular weight is 420 g/mol. The summed E-state index contributed by atoms with van der Waals surface area (Å²) in [4.78, 5) is 34.9. The number of hydrogen-bond acceptors (Lipinski definition) is 7. The fraction of sp³-hybridized carbons (Fsp3) is 0.278. The van der Waals surface area contributed by atoms with E-state index in [1.807, 2.05) is 0 Å². The lowest BCUT2D eigenvalue weighted by molar-refractivity contribution is -0.384. The highest BCUT2D eigenvalue weighted by Crippen LogP contribution is 2.32. The third kappa shape index (κ3) is 4.57. The predicted octanol–water partition coefficient (Wildman–Crippen LogP) is 3.49. The van der Waals surface area contributed by atoms with Crippen LogP contribution < -0.4 is 0 Å². The number of nitro benzene ring substituents is 1. The van der Waals surface area contributed by atoms with E-state index < -0.39 is 16.1 Å². The molecule has 1 aromatic carbocycles. The number of thiocarbonyl (C=S) groups is 1. The molecular formula is C18H16N2O6S2. The van der Waals surface area contributed by atoms with Crippen LogP contribution in [0, 0.1) is 10.1 Å². The fourth-order valence-electron chi connectivity index (χ4n) is 2.79. The second-order valence-corrected chi connectivity index (χ2v) is 7.97. The molecule has 0 saturated carbocycles. The summed E-state index contributed by atoms with van der Waals surface area (Å²) in [6.45, 7) is 0.291. The van der Waals surface area contributed by atoms with Crippen molar-refractivity contribution in [3.8, 4) is 11.3 Å². The van der Waals surface area contributed by atoms with Gasteiger partial charge in [-0.1, -0.05) is 24.0 Å². The standard InChI is InChI=1S/C18H16N2O6S2/c21-16(22)2-1-9-19-17(23)15(28-18(19)27)10-13-7-8-14(26-13)11-3-5-12(6-4-11)20(24)25/h3-8,15H,1-2,9-10H2,(H,21,22). The van der Waals surface area contributed by atoms with E-state index in [9.17, 15) is 19.7 Å². The monoisotopic (exact) mass is 420 g/mol. The number of carboxylic acid groups (broad SMARTS) is 1. The predicted molar refractivity (Wildman–Crippen MR) is 107 cm³/mol. The third-order valence-corrected chi connectivity index (χ3v) is 5.77. The lowest BCUT2D eigenvalue weighted by Gasteiger charge is -2.14. The van der Waals surface area contributed by atoms with E-state index >= 15 is 0 Å². The molecule has 1 amide bonds. The smallest absolute Gasteiger partial charge is 0.303 e. The molecule has 146 valence electrons. The summed E-state index contributed by atoms with van der Waals surface area (Å²) in [5.74, 6) is 0.112. The normalized spacial score (nSPS) is 16.6. The van der Waals surface area contributed by atoms with E-state index in [1.165, 1.54) is 28.8 Å². The second kappa shape index (κ2) is 8.53. The maximum Gasteiger partial charge on any atom is 0.303 e. The SMILES string of the molecule is O=C(O)CCCN1C(=O)C(Cc2ccc(-c3ccc([N+](=O)[O-])cc3)o2)SC1=S. The van der Waals surface area contributed by atoms with Crippen LogP contribution in [-0.4, -0.2) is 42.9 Å². The molecule has 0 radical (unpaired) electrons. The molecule has 1 unspecified atom stereocenters. The fourth-order valence-corrected chi connectivity index (χ4v) is 4.35. The molecule has 1 aliphatic rings. The van der Waals surface area contributed by atoms with Crippen LogP contribution in [0.2, 0.25) is 0 Å². The lowest BCUT2D eigenvalue weighted by Crippen LogP contribution is -2.33. The maximum absolute atomic E-state index is 12.5. The number of carbonyl (C=O) groups excluding carboxylic acids is 1. The first-order valence-corrected chi connectivity index (χ1v) is 9.71. The molecule has 1 fully saturated rings. The van der Waals surface area contributed by atoms with Gasteiger partial charge >= 0.3 is 5.97 Å². The summed E-state index contributed by atoms with van der Waals surface area (Å²) in [7, 11) is 0. The highest BCUT2D eigenvalue weighted by molar-refractivity contribution is 8.24. The van der Waals surface area contributed by atoms with Crippen molar-refractivity contribution in [2.45, 2.75) is 24.5 Å². The molecule has 2 heterocycles. The van der Waals surface area contributed by atoms with Crippen LogP contribution in [-0.2, 0) is 16.0 Å². The Morgan fingerprint density at radius 2 is 2.00 bits per heavy atom. The van der Waals surface area contributed by atoms with Gasteiger partial charge in [-0.15, -0.1) is 0 Å². The number of carboxylic acids is 1. The first-order chi connectivity index (χ1) is 13.3. The van der Waals surface area contributed by atoms with Crippen molar-refractivity contribution in [1.82, 2.24) is 4.90 Å². The summed E-state index contributed by atoms with van der Waals surface area (Å²) >= 11 is 6.51. The number of thioether (sulfide) groups is 1. The summed E-state index contributed by atoms with van der Waals surface area (Å²) in [5.41, 5.74) is 0.702. The van der Waals surface area contributed by atoms with Crippen molar-refractivity contribution in [3.05, 3.63) is 52.3 Å². The largest absolute Gasteiger partial charge is 0.481 e. The number of rotatable bonds is 8. The Balaban J connectivity index is 1.63. The quantitative estimate of drug-likeness (QED) is 0.392. The number of benzene rings is 1. The Labute approximate surface area is 169 Å². The van der Waals surface area contributed by atoms with Crippen molar-refractivity contribution in [2.75, 3.05) is 6.54 Å². The maximum atomic E-state index is 12.5. The molecule has 1 N–H and O–H groups in total. The van der Waals surface area contributed by atoms with Gasteiger partial charge in [0.25, 0.3) is 5.69 Å². The van der Waals surface area contributed by atoms with E-state index in [0.717, 1.165) is 0 Å². The number of carbonyl (C=O) groups is 2. The van der Waals surface area contributed by atoms with Crippen molar-refractivity contribution < 1.29 is 24.0 Å². The molecule has 2 aromatic rings. The Bertz CT molecular complexity index is 924. The minimum atomic E-state index is -0.906. The third-order valence-electron chi connectivity index (χ3n) is 4.19. The van der Waals surface area contributed by atoms with Gasteiger partial charge in [-0.05, 0) is 30.7 Å². The van der Waals surface area contributed by atoms with Crippen molar-refractivity contribution in [1.29, 1.82) is 0 Å². The molecule has 3 rings (SSSR count). The zero-order valence-electron chi connectivity index (χ0n) is 14.6. The molecule has 1 aliphatic heterocycles. The van der Waals surface area contributed by atoms with E-state index in [1.54, 1.807) is 24.3 Å². The van der Waals surface area contributed by atoms with Gasteiger partial charge in [-0.3, -0.25) is 24.6 Å². The van der Waals surface area contributed by atoms with Crippen molar-refractivity contribution in [3.63, 3.8) is 0 Å². The molecular weight excluding hydrogens is 404 g/mol. The van der Waals surface area contributed by atoms with Crippen LogP contribution in [0.1, 0.15) is 18.6 Å². The summed E-state index contributed by atoms with van der Waals surface area (Å²) in [6.07, 6.45) is 0.685. The number of nitro groups is 1. The van der Waals surface area contributed by atoms with Gasteiger partial charge in [0.05, 0.1) is 10.2 Å². The van der Waals surface area contributed by atoms with Gasteiger partial charge in [-0.2, -0.15) is 0 Å². The van der Waals surface area contributed by atoms with E-state index in [0.29, 0.717) is 40.8 Å². The van der Waals surface area contributed by atoms with Crippen LogP contribution in [0.4, 0.5) is 5.69 Å². The number of non-ortho nitro benzene ring substituents is 1. The first-order valence-electron chi connectivity index (χ1n) is 8.42. The van der Waals surface area contributed by atoms with Crippen LogP contribution in [0.25, 0.3) is 11.3 Å². The number of amides is 1. The van der Waals surface area contributed by atoms with Gasteiger partial charge in [0.15, 0.2) is 0 Å². The minimum absolute atomic E-state index is 0.0000151. The zero-order chi connectivity index (χ0) is 20.3. The van der Waals surface area contributed by atoms with Crippen molar-refractivity contribution in [2.24, 2.45) is 0 Å². The van der Waals surface area contributed by atoms with E-state index in [4.69, 9.17) is 21.7 Å². The molecule has 0 bridgehead atoms. The van der Waals surface area contributed by atoms with Crippen LogP contribution in [0.5, 0.6) is 0 Å². The molecule has 10 heteroatoms. The van der Waals surface area contributed by atoms with Gasteiger partial charge in [0, 0.05) is 37.1 Å². The van der Waals surface area contributed by atoms with Gasteiger partial charge in [0.2, 0.25) is 5.91 Å². The van der Waals surface area contributed by atoms with Crippen LogP contribution in [0.3, 0.4) is 0 Å². The average Bonchev–Trinajstić information content (AvgIpc) is 3.22. The summed E-state index contributed by atoms with van der Waals surface area (Å²) < 4.78 is 6.24. The van der Waals surface area contributed by atoms with Gasteiger partial charge < -0.3 is 9.52 Å². The van der Waals surface area contributed by atoms with Gasteiger partial charge in [-0.25, -0.2) is 0 Å². The Morgan fingerprint density at radius 1 is 1.29 bits per heavy atom. The van der Waals surface area contributed by atoms with E-state index in [-0.39, 0.29) is 18.0 Å². The minimum Gasteiger partial charge on any atom is -0.481 e. The van der Waals surface area contributed by atoms with Crippen LogP contribution in [0.15, 0.2) is 40.8 Å². The summed E-state index contributed by atoms with van der Waals surface area (Å²) in [5, 5.41) is 19.0. The lowest BCUT2D eigenvalue weighted by atomic mass is 10.1. The van der Waals surface area contributed by atoms with Crippen LogP contribution >= 0.6 is 24.0 Å².